The Morgan fingerprint density at radius 3 is 2.52 bits per heavy atom. The van der Waals surface area contributed by atoms with Gasteiger partial charge in [-0.3, -0.25) is 0 Å². The lowest BCUT2D eigenvalue weighted by atomic mass is 10.1. The molecule has 0 bridgehead atoms. The summed E-state index contributed by atoms with van der Waals surface area (Å²) in [7, 11) is 0. The molecule has 5 nitrogen and oxygen atoms in total. The quantitative estimate of drug-likeness (QED) is 0.882. The molecule has 0 saturated carbocycles. The maximum Gasteiger partial charge on any atom is 0.341 e. The van der Waals surface area contributed by atoms with Crippen LogP contribution in [0.3, 0.4) is 0 Å². The van der Waals surface area contributed by atoms with E-state index in [2.05, 4.69) is 29.1 Å². The SMILES string of the molecule is Cc1ccc(-c2ncc(C(=O)O)c(NCC(C)C)n2)cc1. The van der Waals surface area contributed by atoms with Crippen molar-refractivity contribution in [2.24, 2.45) is 5.92 Å². The second-order valence-corrected chi connectivity index (χ2v) is 5.40. The number of carboxylic acid groups (broad SMARTS) is 1. The molecule has 5 heteroatoms. The highest BCUT2D eigenvalue weighted by molar-refractivity contribution is 5.93. The van der Waals surface area contributed by atoms with Crippen molar-refractivity contribution >= 4 is 11.8 Å². The fraction of sp³-hybridized carbons (Fsp3) is 0.312. The van der Waals surface area contributed by atoms with Crippen LogP contribution in [0.2, 0.25) is 0 Å². The number of carbonyl (C=O) groups is 1. The van der Waals surface area contributed by atoms with Crippen LogP contribution in [-0.4, -0.2) is 27.6 Å². The molecule has 0 radical (unpaired) electrons. The highest BCUT2D eigenvalue weighted by Gasteiger charge is 2.14. The molecule has 1 aromatic carbocycles. The first-order valence-corrected chi connectivity index (χ1v) is 6.88. The van der Waals surface area contributed by atoms with Gasteiger partial charge in [-0.15, -0.1) is 0 Å². The summed E-state index contributed by atoms with van der Waals surface area (Å²) < 4.78 is 0. The molecule has 1 heterocycles. The van der Waals surface area contributed by atoms with Crippen LogP contribution < -0.4 is 5.32 Å². The molecule has 0 unspecified atom stereocenters. The number of hydrogen-bond acceptors (Lipinski definition) is 4. The minimum Gasteiger partial charge on any atom is -0.477 e. The molecule has 0 atom stereocenters. The molecule has 0 saturated heterocycles. The molecule has 0 spiro atoms. The van der Waals surface area contributed by atoms with Gasteiger partial charge in [0.15, 0.2) is 5.82 Å². The van der Waals surface area contributed by atoms with Gasteiger partial charge in [-0.1, -0.05) is 43.7 Å². The zero-order valence-electron chi connectivity index (χ0n) is 12.4. The minimum atomic E-state index is -1.03. The highest BCUT2D eigenvalue weighted by atomic mass is 16.4. The van der Waals surface area contributed by atoms with Crippen LogP contribution in [0.15, 0.2) is 30.5 Å². The molecular weight excluding hydrogens is 266 g/mol. The van der Waals surface area contributed by atoms with E-state index in [1.54, 1.807) is 0 Å². The summed E-state index contributed by atoms with van der Waals surface area (Å²) in [5.41, 5.74) is 2.11. The van der Waals surface area contributed by atoms with Crippen molar-refractivity contribution in [3.05, 3.63) is 41.6 Å². The summed E-state index contributed by atoms with van der Waals surface area (Å²) in [6, 6.07) is 7.81. The van der Waals surface area contributed by atoms with Crippen LogP contribution >= 0.6 is 0 Å². The lowest BCUT2D eigenvalue weighted by Gasteiger charge is -2.11. The lowest BCUT2D eigenvalue weighted by molar-refractivity contribution is 0.0697. The molecular formula is C16H19N3O2. The number of aromatic nitrogens is 2. The summed E-state index contributed by atoms with van der Waals surface area (Å²) in [5.74, 6) is 0.245. The first kappa shape index (κ1) is 15.0. The monoisotopic (exact) mass is 285 g/mol. The van der Waals surface area contributed by atoms with E-state index >= 15 is 0 Å². The fourth-order valence-electron chi connectivity index (χ4n) is 1.82. The molecule has 0 aliphatic heterocycles. The van der Waals surface area contributed by atoms with Crippen molar-refractivity contribution < 1.29 is 9.90 Å². The Morgan fingerprint density at radius 1 is 1.29 bits per heavy atom. The second kappa shape index (κ2) is 6.35. The van der Waals surface area contributed by atoms with Gasteiger partial charge in [0.25, 0.3) is 0 Å². The van der Waals surface area contributed by atoms with Crippen LogP contribution in [0.4, 0.5) is 5.82 Å². The molecule has 0 fully saturated rings. The van der Waals surface area contributed by atoms with Crippen molar-refractivity contribution in [3.63, 3.8) is 0 Å². The molecule has 110 valence electrons. The third kappa shape index (κ3) is 3.78. The summed E-state index contributed by atoms with van der Waals surface area (Å²) in [6.45, 7) is 6.77. The molecule has 2 N–H and O–H groups in total. The molecule has 0 amide bonds. The average molecular weight is 285 g/mol. The van der Waals surface area contributed by atoms with E-state index in [-0.39, 0.29) is 5.56 Å². The number of anilines is 1. The summed E-state index contributed by atoms with van der Waals surface area (Å²) in [6.07, 6.45) is 1.35. The van der Waals surface area contributed by atoms with E-state index in [1.165, 1.54) is 6.20 Å². The van der Waals surface area contributed by atoms with Gasteiger partial charge in [-0.25, -0.2) is 14.8 Å². The van der Waals surface area contributed by atoms with Crippen LogP contribution in [0, 0.1) is 12.8 Å². The number of nitrogens with one attached hydrogen (secondary N) is 1. The molecule has 0 aliphatic carbocycles. The average Bonchev–Trinajstić information content (AvgIpc) is 2.45. The van der Waals surface area contributed by atoms with Crippen LogP contribution in [-0.2, 0) is 0 Å². The van der Waals surface area contributed by atoms with Crippen molar-refractivity contribution in [1.82, 2.24) is 9.97 Å². The van der Waals surface area contributed by atoms with Gasteiger partial charge in [-0.2, -0.15) is 0 Å². The van der Waals surface area contributed by atoms with Crippen molar-refractivity contribution in [2.75, 3.05) is 11.9 Å². The highest BCUT2D eigenvalue weighted by Crippen LogP contribution is 2.20. The van der Waals surface area contributed by atoms with Gasteiger partial charge in [0.2, 0.25) is 0 Å². The number of nitrogens with zero attached hydrogens (tertiary/aromatic N) is 2. The van der Waals surface area contributed by atoms with E-state index in [4.69, 9.17) is 0 Å². The van der Waals surface area contributed by atoms with E-state index in [0.717, 1.165) is 11.1 Å². The van der Waals surface area contributed by atoms with E-state index in [9.17, 15) is 9.90 Å². The van der Waals surface area contributed by atoms with Crippen molar-refractivity contribution in [3.8, 4) is 11.4 Å². The second-order valence-electron chi connectivity index (χ2n) is 5.40. The first-order valence-electron chi connectivity index (χ1n) is 6.88. The fourth-order valence-corrected chi connectivity index (χ4v) is 1.82. The van der Waals surface area contributed by atoms with Crippen LogP contribution in [0.25, 0.3) is 11.4 Å². The Labute approximate surface area is 124 Å². The van der Waals surface area contributed by atoms with Gasteiger partial charge in [0.1, 0.15) is 11.4 Å². The first-order chi connectivity index (χ1) is 9.97. The summed E-state index contributed by atoms with van der Waals surface area (Å²) in [4.78, 5) is 19.8. The Hall–Kier alpha value is -2.43. The minimum absolute atomic E-state index is 0.0894. The number of aromatic carboxylic acids is 1. The predicted octanol–water partition coefficient (Wildman–Crippen LogP) is 3.22. The van der Waals surface area contributed by atoms with Gasteiger partial charge < -0.3 is 10.4 Å². The number of hydrogen-bond donors (Lipinski definition) is 2. The number of aryl methyl sites for hydroxylation is 1. The van der Waals surface area contributed by atoms with Gasteiger partial charge in [0, 0.05) is 18.3 Å². The topological polar surface area (TPSA) is 75.1 Å². The third-order valence-electron chi connectivity index (χ3n) is 3.01. The zero-order valence-corrected chi connectivity index (χ0v) is 12.4. The van der Waals surface area contributed by atoms with Gasteiger partial charge >= 0.3 is 5.97 Å². The molecule has 1 aromatic heterocycles. The van der Waals surface area contributed by atoms with Crippen LogP contribution in [0.5, 0.6) is 0 Å². The standard InChI is InChI=1S/C16H19N3O2/c1-10(2)8-17-15-13(16(20)21)9-18-14(19-15)12-6-4-11(3)5-7-12/h4-7,9-10H,8H2,1-3H3,(H,20,21)(H,17,18,19). The molecule has 2 rings (SSSR count). The zero-order chi connectivity index (χ0) is 15.4. The van der Waals surface area contributed by atoms with Crippen molar-refractivity contribution in [2.45, 2.75) is 20.8 Å². The van der Waals surface area contributed by atoms with E-state index in [0.29, 0.717) is 24.1 Å². The smallest absolute Gasteiger partial charge is 0.341 e. The summed E-state index contributed by atoms with van der Waals surface area (Å²) in [5, 5.41) is 12.3. The largest absolute Gasteiger partial charge is 0.477 e. The van der Waals surface area contributed by atoms with Gasteiger partial charge in [-0.05, 0) is 12.8 Å². The number of carboxylic acids is 1. The molecule has 2 aromatic rings. The maximum atomic E-state index is 11.2. The Balaban J connectivity index is 2.38. The third-order valence-corrected chi connectivity index (χ3v) is 3.01. The molecule has 0 aliphatic rings. The normalized spacial score (nSPS) is 10.7. The predicted molar refractivity (Wildman–Crippen MR) is 82.5 cm³/mol. The Morgan fingerprint density at radius 2 is 1.95 bits per heavy atom. The number of benzene rings is 1. The maximum absolute atomic E-state index is 11.2. The lowest BCUT2D eigenvalue weighted by Crippen LogP contribution is -2.14. The van der Waals surface area contributed by atoms with Crippen LogP contribution in [0.1, 0.15) is 29.8 Å². The summed E-state index contributed by atoms with van der Waals surface area (Å²) >= 11 is 0. The number of rotatable bonds is 5. The van der Waals surface area contributed by atoms with E-state index in [1.807, 2.05) is 31.2 Å². The Kier molecular flexibility index (Phi) is 4.52. The van der Waals surface area contributed by atoms with Crippen molar-refractivity contribution in [1.29, 1.82) is 0 Å². The molecule has 21 heavy (non-hydrogen) atoms. The van der Waals surface area contributed by atoms with Gasteiger partial charge in [0.05, 0.1) is 0 Å². The Bertz CT molecular complexity index is 636. The van der Waals surface area contributed by atoms with E-state index < -0.39 is 5.97 Å².